The predicted octanol–water partition coefficient (Wildman–Crippen LogP) is 4.37. The number of carbonyl (C=O) groups is 1. The molecule has 1 aliphatic heterocycles. The van der Waals surface area contributed by atoms with Crippen molar-refractivity contribution >= 4 is 11.6 Å². The third-order valence-electron chi connectivity index (χ3n) is 4.91. The Morgan fingerprint density at radius 1 is 1.11 bits per heavy atom. The largest absolute Gasteiger partial charge is 0.497 e. The van der Waals surface area contributed by atoms with E-state index >= 15 is 0 Å². The molecule has 1 unspecified atom stereocenters. The Morgan fingerprint density at radius 3 is 2.44 bits per heavy atom. The molecule has 0 spiro atoms. The number of carbonyl (C=O) groups excluding carboxylic acids is 1. The highest BCUT2D eigenvalue weighted by molar-refractivity contribution is 6.10. The summed E-state index contributed by atoms with van der Waals surface area (Å²) in [7, 11) is 1.64. The van der Waals surface area contributed by atoms with Crippen molar-refractivity contribution in [3.63, 3.8) is 0 Å². The fraction of sp³-hybridized carbons (Fsp3) is 0.273. The Bertz CT molecular complexity index is 945. The van der Waals surface area contributed by atoms with Crippen LogP contribution in [0.4, 0.5) is 5.69 Å². The van der Waals surface area contributed by atoms with Gasteiger partial charge in [0, 0.05) is 11.3 Å². The molecule has 1 aliphatic rings. The third-order valence-corrected chi connectivity index (χ3v) is 4.91. The van der Waals surface area contributed by atoms with Crippen molar-refractivity contribution in [2.45, 2.75) is 26.3 Å². The number of fused-ring (bicyclic) bond motifs is 1. The first kappa shape index (κ1) is 17.3. The fourth-order valence-corrected chi connectivity index (χ4v) is 3.72. The van der Waals surface area contributed by atoms with E-state index in [1.807, 2.05) is 47.4 Å². The van der Waals surface area contributed by atoms with Gasteiger partial charge in [-0.1, -0.05) is 44.2 Å². The molecule has 1 aromatic heterocycles. The summed E-state index contributed by atoms with van der Waals surface area (Å²) >= 11 is 0. The lowest BCUT2D eigenvalue weighted by molar-refractivity contribution is 0.0988. The molecule has 1 atom stereocenters. The predicted molar refractivity (Wildman–Crippen MR) is 105 cm³/mol. The topological polar surface area (TPSA) is 58.2 Å². The molecule has 0 bridgehead atoms. The quantitative estimate of drug-likeness (QED) is 0.734. The molecule has 1 amide bonds. The van der Waals surface area contributed by atoms with E-state index in [9.17, 15) is 4.79 Å². The molecule has 27 heavy (non-hydrogen) atoms. The minimum Gasteiger partial charge on any atom is -0.497 e. The number of nitrogens with one attached hydrogen (secondary N) is 1. The molecule has 138 valence electrons. The molecule has 2 aromatic carbocycles. The van der Waals surface area contributed by atoms with Gasteiger partial charge >= 0.3 is 0 Å². The monoisotopic (exact) mass is 361 g/mol. The molecule has 5 nitrogen and oxygen atoms in total. The maximum Gasteiger partial charge on any atom is 0.277 e. The average molecular weight is 361 g/mol. The second-order valence-electron chi connectivity index (χ2n) is 7.24. The lowest BCUT2D eigenvalue weighted by Crippen LogP contribution is -2.29. The minimum absolute atomic E-state index is 0.0495. The second kappa shape index (κ2) is 6.91. The number of amides is 1. The second-order valence-corrected chi connectivity index (χ2v) is 7.24. The van der Waals surface area contributed by atoms with Crippen LogP contribution < -0.4 is 9.64 Å². The number of benzene rings is 2. The first-order chi connectivity index (χ1) is 13.1. The van der Waals surface area contributed by atoms with Crippen molar-refractivity contribution in [3.8, 4) is 5.75 Å². The highest BCUT2D eigenvalue weighted by atomic mass is 16.5. The Kier molecular flexibility index (Phi) is 4.44. The van der Waals surface area contributed by atoms with Crippen LogP contribution in [0.25, 0.3) is 0 Å². The molecule has 0 radical (unpaired) electrons. The van der Waals surface area contributed by atoms with E-state index in [-0.39, 0.29) is 11.9 Å². The Balaban J connectivity index is 1.85. The summed E-state index contributed by atoms with van der Waals surface area (Å²) in [5.74, 6) is 1.17. The SMILES string of the molecule is COc1ccc(N2C(=O)c3[nH]nc(CC(C)C)c3C2c2ccccc2)cc1. The van der Waals surface area contributed by atoms with Crippen LogP contribution >= 0.6 is 0 Å². The first-order valence-electron chi connectivity index (χ1n) is 9.20. The molecule has 0 saturated carbocycles. The number of anilines is 1. The maximum atomic E-state index is 13.3. The van der Waals surface area contributed by atoms with Gasteiger partial charge in [-0.25, -0.2) is 0 Å². The van der Waals surface area contributed by atoms with Crippen LogP contribution in [0.1, 0.15) is 47.2 Å². The molecule has 1 N–H and O–H groups in total. The zero-order chi connectivity index (χ0) is 19.0. The molecule has 0 saturated heterocycles. The smallest absolute Gasteiger partial charge is 0.277 e. The van der Waals surface area contributed by atoms with Crippen molar-refractivity contribution in [1.82, 2.24) is 10.2 Å². The van der Waals surface area contributed by atoms with E-state index in [0.717, 1.165) is 34.7 Å². The maximum absolute atomic E-state index is 13.3. The van der Waals surface area contributed by atoms with Gasteiger partial charge in [0.1, 0.15) is 11.4 Å². The lowest BCUT2D eigenvalue weighted by Gasteiger charge is -2.26. The van der Waals surface area contributed by atoms with Gasteiger partial charge in [0.15, 0.2) is 0 Å². The number of aromatic amines is 1. The summed E-state index contributed by atoms with van der Waals surface area (Å²) < 4.78 is 5.26. The van der Waals surface area contributed by atoms with Crippen LogP contribution in [-0.4, -0.2) is 23.2 Å². The summed E-state index contributed by atoms with van der Waals surface area (Å²) in [6, 6.07) is 17.6. The number of hydrogen-bond donors (Lipinski definition) is 1. The van der Waals surface area contributed by atoms with Crippen LogP contribution in [0.15, 0.2) is 54.6 Å². The summed E-state index contributed by atoms with van der Waals surface area (Å²) in [4.78, 5) is 15.1. The van der Waals surface area contributed by atoms with Crippen LogP contribution in [0.2, 0.25) is 0 Å². The van der Waals surface area contributed by atoms with E-state index in [1.54, 1.807) is 7.11 Å². The summed E-state index contributed by atoms with van der Waals surface area (Å²) in [6.07, 6.45) is 0.832. The third kappa shape index (κ3) is 2.99. The molecule has 0 fully saturated rings. The fourth-order valence-electron chi connectivity index (χ4n) is 3.72. The number of methoxy groups -OCH3 is 1. The van der Waals surface area contributed by atoms with Gasteiger partial charge in [-0.05, 0) is 42.2 Å². The van der Waals surface area contributed by atoms with Crippen LogP contribution in [0.3, 0.4) is 0 Å². The number of rotatable bonds is 5. The number of ether oxygens (including phenoxy) is 1. The highest BCUT2D eigenvalue weighted by Gasteiger charge is 2.42. The van der Waals surface area contributed by atoms with E-state index in [1.165, 1.54) is 0 Å². The zero-order valence-corrected chi connectivity index (χ0v) is 15.8. The number of H-pyrrole nitrogens is 1. The number of nitrogens with zero attached hydrogens (tertiary/aromatic N) is 2. The van der Waals surface area contributed by atoms with Gasteiger partial charge in [0.2, 0.25) is 0 Å². The Labute approximate surface area is 159 Å². The van der Waals surface area contributed by atoms with Crippen LogP contribution in [0, 0.1) is 5.92 Å². The number of aromatic nitrogens is 2. The first-order valence-corrected chi connectivity index (χ1v) is 9.20. The zero-order valence-electron chi connectivity index (χ0n) is 15.8. The molecule has 2 heterocycles. The van der Waals surface area contributed by atoms with Gasteiger partial charge in [-0.15, -0.1) is 0 Å². The van der Waals surface area contributed by atoms with Crippen molar-refractivity contribution in [2.75, 3.05) is 12.0 Å². The van der Waals surface area contributed by atoms with Gasteiger partial charge in [0.05, 0.1) is 18.8 Å². The summed E-state index contributed by atoms with van der Waals surface area (Å²) in [5, 5.41) is 7.46. The van der Waals surface area contributed by atoms with Gasteiger partial charge in [-0.3, -0.25) is 14.8 Å². The Morgan fingerprint density at radius 2 is 1.81 bits per heavy atom. The van der Waals surface area contributed by atoms with Crippen molar-refractivity contribution < 1.29 is 9.53 Å². The number of hydrogen-bond acceptors (Lipinski definition) is 3. The van der Waals surface area contributed by atoms with E-state index in [4.69, 9.17) is 4.74 Å². The standard InChI is InChI=1S/C22H23N3O2/c1-14(2)13-18-19-20(24-23-18)22(26)25(16-9-11-17(27-3)12-10-16)21(19)15-7-5-4-6-8-15/h4-12,14,21H,13H2,1-3H3,(H,23,24). The summed E-state index contributed by atoms with van der Waals surface area (Å²) in [5.41, 5.74) is 4.48. The van der Waals surface area contributed by atoms with Crippen LogP contribution in [-0.2, 0) is 6.42 Å². The normalized spacial score (nSPS) is 16.1. The van der Waals surface area contributed by atoms with Crippen molar-refractivity contribution in [1.29, 1.82) is 0 Å². The molecule has 3 aromatic rings. The van der Waals surface area contributed by atoms with E-state index in [0.29, 0.717) is 11.6 Å². The molecule has 0 aliphatic carbocycles. The molecular weight excluding hydrogens is 338 g/mol. The van der Waals surface area contributed by atoms with Crippen molar-refractivity contribution in [2.24, 2.45) is 5.92 Å². The van der Waals surface area contributed by atoms with Gasteiger partial charge in [-0.2, -0.15) is 5.10 Å². The molecule has 5 heteroatoms. The van der Waals surface area contributed by atoms with Gasteiger partial charge in [0.25, 0.3) is 5.91 Å². The Hall–Kier alpha value is -3.08. The lowest BCUT2D eigenvalue weighted by atomic mass is 9.95. The van der Waals surface area contributed by atoms with Crippen molar-refractivity contribution in [3.05, 3.63) is 77.1 Å². The van der Waals surface area contributed by atoms with Gasteiger partial charge < -0.3 is 4.74 Å². The average Bonchev–Trinajstić information content (AvgIpc) is 3.21. The molecule has 4 rings (SSSR count). The van der Waals surface area contributed by atoms with E-state index < -0.39 is 0 Å². The van der Waals surface area contributed by atoms with Crippen LogP contribution in [0.5, 0.6) is 5.75 Å². The highest BCUT2D eigenvalue weighted by Crippen LogP contribution is 2.43. The molecular formula is C22H23N3O2. The van der Waals surface area contributed by atoms with E-state index in [2.05, 4.69) is 36.2 Å². The minimum atomic E-state index is -0.186. The summed E-state index contributed by atoms with van der Waals surface area (Å²) in [6.45, 7) is 4.33.